The van der Waals surface area contributed by atoms with E-state index in [0.29, 0.717) is 13.2 Å². The van der Waals surface area contributed by atoms with Gasteiger partial charge in [-0.1, -0.05) is 24.3 Å². The van der Waals surface area contributed by atoms with Crippen LogP contribution >= 0.6 is 0 Å². The summed E-state index contributed by atoms with van der Waals surface area (Å²) in [7, 11) is 1.67. The van der Waals surface area contributed by atoms with Gasteiger partial charge in [0.25, 0.3) is 0 Å². The fourth-order valence-electron chi connectivity index (χ4n) is 1.74. The van der Waals surface area contributed by atoms with E-state index in [1.165, 1.54) is 12.3 Å². The van der Waals surface area contributed by atoms with E-state index >= 15 is 0 Å². The first kappa shape index (κ1) is 12.5. The zero-order chi connectivity index (χ0) is 12.8. The number of aromatic nitrogens is 1. The molecular weight excluding hydrogens is 231 g/mol. The molecule has 0 amide bonds. The fraction of sp³-hybridized carbons (Fsp3) is 0.214. The van der Waals surface area contributed by atoms with Gasteiger partial charge in [0.2, 0.25) is 5.95 Å². The fourth-order valence-corrected chi connectivity index (χ4v) is 1.74. The monoisotopic (exact) mass is 246 g/mol. The maximum absolute atomic E-state index is 12.9. The van der Waals surface area contributed by atoms with E-state index in [1.807, 2.05) is 24.3 Å². The number of nitrogens with one attached hydrogen (secondary N) is 1. The van der Waals surface area contributed by atoms with Crippen molar-refractivity contribution in [1.82, 2.24) is 4.98 Å². The standard InChI is InChI=1S/C14H15FN2O/c1-18-10-12-5-3-2-4-11(12)9-17-13-6-7-16-14(15)8-13/h2-8H,9-10H2,1H3,(H,16,17). The number of nitrogens with zero attached hydrogens (tertiary/aromatic N) is 1. The summed E-state index contributed by atoms with van der Waals surface area (Å²) < 4.78 is 18.1. The molecule has 1 N–H and O–H groups in total. The molecule has 0 fully saturated rings. The first-order chi connectivity index (χ1) is 8.79. The highest BCUT2D eigenvalue weighted by Gasteiger charge is 2.01. The van der Waals surface area contributed by atoms with Crippen LogP contribution in [0.3, 0.4) is 0 Å². The van der Waals surface area contributed by atoms with Crippen molar-refractivity contribution in [3.63, 3.8) is 0 Å². The lowest BCUT2D eigenvalue weighted by atomic mass is 10.1. The Morgan fingerprint density at radius 3 is 2.72 bits per heavy atom. The molecule has 1 aromatic heterocycles. The molecule has 0 spiro atoms. The van der Waals surface area contributed by atoms with Gasteiger partial charge in [-0.05, 0) is 17.2 Å². The van der Waals surface area contributed by atoms with Crippen LogP contribution in [0.25, 0.3) is 0 Å². The summed E-state index contributed by atoms with van der Waals surface area (Å²) in [5.41, 5.74) is 2.98. The van der Waals surface area contributed by atoms with Crippen LogP contribution in [0, 0.1) is 5.95 Å². The third kappa shape index (κ3) is 3.28. The van der Waals surface area contributed by atoms with Gasteiger partial charge in [-0.2, -0.15) is 4.39 Å². The molecule has 18 heavy (non-hydrogen) atoms. The third-order valence-corrected chi connectivity index (χ3v) is 2.63. The Kier molecular flexibility index (Phi) is 4.25. The minimum absolute atomic E-state index is 0.481. The maximum atomic E-state index is 12.9. The quantitative estimate of drug-likeness (QED) is 0.823. The van der Waals surface area contributed by atoms with Crippen molar-refractivity contribution in [3.05, 3.63) is 59.7 Å². The smallest absolute Gasteiger partial charge is 0.214 e. The molecule has 3 nitrogen and oxygen atoms in total. The van der Waals surface area contributed by atoms with Crippen LogP contribution < -0.4 is 5.32 Å². The van der Waals surface area contributed by atoms with Crippen molar-refractivity contribution in [2.45, 2.75) is 13.2 Å². The first-order valence-corrected chi connectivity index (χ1v) is 5.71. The van der Waals surface area contributed by atoms with Gasteiger partial charge in [0.05, 0.1) is 6.61 Å². The van der Waals surface area contributed by atoms with Crippen LogP contribution in [-0.4, -0.2) is 12.1 Å². The third-order valence-electron chi connectivity index (χ3n) is 2.63. The van der Waals surface area contributed by atoms with Crippen LogP contribution in [0.2, 0.25) is 0 Å². The number of hydrogen-bond acceptors (Lipinski definition) is 3. The lowest BCUT2D eigenvalue weighted by Gasteiger charge is -2.10. The largest absolute Gasteiger partial charge is 0.381 e. The topological polar surface area (TPSA) is 34.1 Å². The highest BCUT2D eigenvalue weighted by molar-refractivity contribution is 5.42. The Bertz CT molecular complexity index is 517. The van der Waals surface area contributed by atoms with Gasteiger partial charge in [-0.3, -0.25) is 0 Å². The Hall–Kier alpha value is -1.94. The number of hydrogen-bond donors (Lipinski definition) is 1. The predicted molar refractivity (Wildman–Crippen MR) is 68.7 cm³/mol. The molecule has 4 heteroatoms. The van der Waals surface area contributed by atoms with Gasteiger partial charge in [-0.15, -0.1) is 0 Å². The summed E-state index contributed by atoms with van der Waals surface area (Å²) in [5.74, 6) is -0.481. The molecule has 0 radical (unpaired) electrons. The van der Waals surface area contributed by atoms with E-state index in [1.54, 1.807) is 13.2 Å². The van der Waals surface area contributed by atoms with Crippen molar-refractivity contribution in [3.8, 4) is 0 Å². The number of anilines is 1. The van der Waals surface area contributed by atoms with Crippen molar-refractivity contribution >= 4 is 5.69 Å². The van der Waals surface area contributed by atoms with Gasteiger partial charge in [0.15, 0.2) is 0 Å². The van der Waals surface area contributed by atoms with E-state index in [2.05, 4.69) is 10.3 Å². The summed E-state index contributed by atoms with van der Waals surface area (Å²) in [4.78, 5) is 3.52. The Morgan fingerprint density at radius 1 is 1.22 bits per heavy atom. The predicted octanol–water partition coefficient (Wildman–Crippen LogP) is 2.98. The molecule has 94 valence electrons. The number of rotatable bonds is 5. The molecule has 2 rings (SSSR count). The summed E-state index contributed by atoms with van der Waals surface area (Å²) in [5, 5.41) is 3.17. The Balaban J connectivity index is 2.06. The molecule has 0 aliphatic carbocycles. The van der Waals surface area contributed by atoms with Crippen molar-refractivity contribution in [2.24, 2.45) is 0 Å². The summed E-state index contributed by atoms with van der Waals surface area (Å²) in [6, 6.07) is 11.1. The summed E-state index contributed by atoms with van der Waals surface area (Å²) >= 11 is 0. The van der Waals surface area contributed by atoms with Crippen LogP contribution in [0.1, 0.15) is 11.1 Å². The van der Waals surface area contributed by atoms with E-state index < -0.39 is 5.95 Å². The molecule has 1 aromatic carbocycles. The number of pyridine rings is 1. The van der Waals surface area contributed by atoms with Crippen LogP contribution in [0.15, 0.2) is 42.6 Å². The van der Waals surface area contributed by atoms with Crippen molar-refractivity contribution in [2.75, 3.05) is 12.4 Å². The Labute approximate surface area is 106 Å². The molecule has 0 saturated heterocycles. The van der Waals surface area contributed by atoms with Crippen LogP contribution in [0.4, 0.5) is 10.1 Å². The molecule has 0 aliphatic rings. The molecule has 1 heterocycles. The zero-order valence-corrected chi connectivity index (χ0v) is 10.2. The number of ether oxygens (including phenoxy) is 1. The average Bonchev–Trinajstić information content (AvgIpc) is 2.38. The van der Waals surface area contributed by atoms with Crippen LogP contribution in [0.5, 0.6) is 0 Å². The van der Waals surface area contributed by atoms with E-state index in [0.717, 1.165) is 16.8 Å². The Morgan fingerprint density at radius 2 is 2.00 bits per heavy atom. The van der Waals surface area contributed by atoms with Crippen LogP contribution in [-0.2, 0) is 17.9 Å². The highest BCUT2D eigenvalue weighted by atomic mass is 19.1. The number of methoxy groups -OCH3 is 1. The average molecular weight is 246 g/mol. The minimum atomic E-state index is -0.481. The molecule has 0 bridgehead atoms. The van der Waals surface area contributed by atoms with Gasteiger partial charge in [-0.25, -0.2) is 4.98 Å². The van der Waals surface area contributed by atoms with Gasteiger partial charge < -0.3 is 10.1 Å². The second-order valence-electron chi connectivity index (χ2n) is 3.92. The first-order valence-electron chi connectivity index (χ1n) is 5.71. The number of benzene rings is 1. The van der Waals surface area contributed by atoms with Crippen molar-refractivity contribution < 1.29 is 9.13 Å². The zero-order valence-electron chi connectivity index (χ0n) is 10.2. The normalized spacial score (nSPS) is 10.3. The highest BCUT2D eigenvalue weighted by Crippen LogP contribution is 2.13. The molecule has 0 unspecified atom stereocenters. The minimum Gasteiger partial charge on any atom is -0.381 e. The van der Waals surface area contributed by atoms with Gasteiger partial charge >= 0.3 is 0 Å². The van der Waals surface area contributed by atoms with E-state index in [9.17, 15) is 4.39 Å². The molecule has 0 saturated carbocycles. The summed E-state index contributed by atoms with van der Waals surface area (Å²) in [6.45, 7) is 1.20. The van der Waals surface area contributed by atoms with E-state index in [4.69, 9.17) is 4.74 Å². The SMILES string of the molecule is COCc1ccccc1CNc1ccnc(F)c1. The molecule has 0 aliphatic heterocycles. The van der Waals surface area contributed by atoms with Gasteiger partial charge in [0, 0.05) is 31.6 Å². The number of halogens is 1. The van der Waals surface area contributed by atoms with Crippen molar-refractivity contribution in [1.29, 1.82) is 0 Å². The molecule has 0 atom stereocenters. The lowest BCUT2D eigenvalue weighted by Crippen LogP contribution is -2.04. The second kappa shape index (κ2) is 6.12. The van der Waals surface area contributed by atoms with E-state index in [-0.39, 0.29) is 0 Å². The molecular formula is C14H15FN2O. The lowest BCUT2D eigenvalue weighted by molar-refractivity contribution is 0.184. The summed E-state index contributed by atoms with van der Waals surface area (Å²) in [6.07, 6.45) is 1.44. The second-order valence-corrected chi connectivity index (χ2v) is 3.92. The maximum Gasteiger partial charge on any atom is 0.214 e. The molecule has 2 aromatic rings. The van der Waals surface area contributed by atoms with Gasteiger partial charge in [0.1, 0.15) is 0 Å².